The van der Waals surface area contributed by atoms with Crippen LogP contribution in [-0.2, 0) is 0 Å². The summed E-state index contributed by atoms with van der Waals surface area (Å²) in [5.41, 5.74) is 5.29. The van der Waals surface area contributed by atoms with Gasteiger partial charge in [0.05, 0.1) is 11.6 Å². The Bertz CT molecular complexity index is 871. The van der Waals surface area contributed by atoms with Crippen LogP contribution in [0.2, 0.25) is 0 Å². The first-order valence-corrected chi connectivity index (χ1v) is 7.59. The van der Waals surface area contributed by atoms with E-state index in [1.807, 2.05) is 30.3 Å². The minimum Gasteiger partial charge on any atom is -0.192 e. The van der Waals surface area contributed by atoms with E-state index < -0.39 is 0 Å². The molecule has 0 heterocycles. The zero-order chi connectivity index (χ0) is 15.0. The molecule has 102 valence electrons. The average molecular weight is 336 g/mol. The number of rotatable bonds is 1. The van der Waals surface area contributed by atoms with Crippen LogP contribution < -0.4 is 0 Å². The highest BCUT2D eigenvalue weighted by Crippen LogP contribution is 2.30. The fraction of sp³-hybridized carbons (Fsp3) is 0.105. The number of aryl methyl sites for hydroxylation is 2. The Kier molecular flexibility index (Phi) is 3.53. The average Bonchev–Trinajstić information content (AvgIpc) is 2.48. The molecule has 0 atom stereocenters. The minimum atomic E-state index is 0.716. The van der Waals surface area contributed by atoms with Gasteiger partial charge in [0.15, 0.2) is 0 Å². The van der Waals surface area contributed by atoms with Crippen molar-refractivity contribution >= 4 is 26.7 Å². The van der Waals surface area contributed by atoms with Crippen LogP contribution in [0, 0.1) is 25.2 Å². The predicted octanol–water partition coefficient (Wildman–Crippen LogP) is 5.76. The second-order valence-corrected chi connectivity index (χ2v) is 6.22. The summed E-state index contributed by atoms with van der Waals surface area (Å²) in [6.45, 7) is 4.22. The quantitative estimate of drug-likeness (QED) is 0.554. The van der Waals surface area contributed by atoms with E-state index in [-0.39, 0.29) is 0 Å². The van der Waals surface area contributed by atoms with E-state index in [4.69, 9.17) is 0 Å². The standard InChI is InChI=1S/C19H14BrN/c1-12-7-15-9-17(11-21)19(10-16(15)8-13(12)2)14-3-5-18(20)6-4-14/h3-10H,1-2H3. The maximum atomic E-state index is 9.46. The maximum Gasteiger partial charge on any atom is 0.0998 e. The molecule has 0 saturated carbocycles. The number of nitrogens with zero attached hydrogens (tertiary/aromatic N) is 1. The molecular weight excluding hydrogens is 322 g/mol. The second kappa shape index (κ2) is 5.35. The molecule has 0 saturated heterocycles. The number of nitriles is 1. The Labute approximate surface area is 133 Å². The molecule has 0 N–H and O–H groups in total. The summed E-state index contributed by atoms with van der Waals surface area (Å²) in [6, 6.07) is 18.8. The van der Waals surface area contributed by atoms with Gasteiger partial charge in [-0.15, -0.1) is 0 Å². The lowest BCUT2D eigenvalue weighted by Gasteiger charge is -2.09. The Morgan fingerprint density at radius 3 is 2.00 bits per heavy atom. The first-order valence-electron chi connectivity index (χ1n) is 6.79. The SMILES string of the molecule is Cc1cc2cc(C#N)c(-c3ccc(Br)cc3)cc2cc1C. The number of benzene rings is 3. The van der Waals surface area contributed by atoms with Crippen LogP contribution in [-0.4, -0.2) is 0 Å². The van der Waals surface area contributed by atoms with Gasteiger partial charge in [0, 0.05) is 10.0 Å². The number of halogens is 1. The summed E-state index contributed by atoms with van der Waals surface area (Å²) in [6.07, 6.45) is 0. The summed E-state index contributed by atoms with van der Waals surface area (Å²) in [5.74, 6) is 0. The minimum absolute atomic E-state index is 0.716. The number of hydrogen-bond donors (Lipinski definition) is 0. The lowest BCUT2D eigenvalue weighted by molar-refractivity contribution is 1.36. The van der Waals surface area contributed by atoms with Gasteiger partial charge in [0.25, 0.3) is 0 Å². The monoisotopic (exact) mass is 335 g/mol. The smallest absolute Gasteiger partial charge is 0.0998 e. The third-order valence-electron chi connectivity index (χ3n) is 3.86. The molecule has 0 amide bonds. The fourth-order valence-corrected chi connectivity index (χ4v) is 2.80. The lowest BCUT2D eigenvalue weighted by atomic mass is 9.94. The van der Waals surface area contributed by atoms with Crippen molar-refractivity contribution in [1.29, 1.82) is 5.26 Å². The summed E-state index contributed by atoms with van der Waals surface area (Å²) in [4.78, 5) is 0. The Morgan fingerprint density at radius 2 is 1.43 bits per heavy atom. The van der Waals surface area contributed by atoms with Crippen LogP contribution in [0.1, 0.15) is 16.7 Å². The maximum absolute atomic E-state index is 9.46. The molecule has 0 aromatic heterocycles. The van der Waals surface area contributed by atoms with Gasteiger partial charge in [0.2, 0.25) is 0 Å². The van der Waals surface area contributed by atoms with E-state index >= 15 is 0 Å². The van der Waals surface area contributed by atoms with Crippen LogP contribution in [0.3, 0.4) is 0 Å². The van der Waals surface area contributed by atoms with Crippen LogP contribution in [0.4, 0.5) is 0 Å². The van der Waals surface area contributed by atoms with Crippen molar-refractivity contribution in [3.05, 3.63) is 69.7 Å². The van der Waals surface area contributed by atoms with Gasteiger partial charge >= 0.3 is 0 Å². The Hall–Kier alpha value is -2.11. The summed E-state index contributed by atoms with van der Waals surface area (Å²) in [5, 5.41) is 11.8. The molecule has 0 aliphatic rings. The summed E-state index contributed by atoms with van der Waals surface area (Å²) in [7, 11) is 0. The highest BCUT2D eigenvalue weighted by Gasteiger charge is 2.08. The molecule has 0 aliphatic heterocycles. The Morgan fingerprint density at radius 1 is 0.857 bits per heavy atom. The van der Waals surface area contributed by atoms with E-state index in [1.165, 1.54) is 16.5 Å². The molecule has 0 radical (unpaired) electrons. The molecule has 1 nitrogen and oxygen atoms in total. The molecule has 0 unspecified atom stereocenters. The van der Waals surface area contributed by atoms with Gasteiger partial charge in [0.1, 0.15) is 0 Å². The van der Waals surface area contributed by atoms with E-state index in [0.29, 0.717) is 5.56 Å². The van der Waals surface area contributed by atoms with Gasteiger partial charge in [-0.3, -0.25) is 0 Å². The van der Waals surface area contributed by atoms with Crippen molar-refractivity contribution in [2.45, 2.75) is 13.8 Å². The normalized spacial score (nSPS) is 10.6. The van der Waals surface area contributed by atoms with Crippen molar-refractivity contribution in [2.24, 2.45) is 0 Å². The van der Waals surface area contributed by atoms with E-state index in [1.54, 1.807) is 0 Å². The molecule has 3 aromatic rings. The van der Waals surface area contributed by atoms with Crippen LogP contribution >= 0.6 is 15.9 Å². The zero-order valence-electron chi connectivity index (χ0n) is 11.9. The third kappa shape index (κ3) is 2.57. The number of hydrogen-bond acceptors (Lipinski definition) is 1. The molecule has 3 rings (SSSR count). The van der Waals surface area contributed by atoms with Gasteiger partial charge in [-0.2, -0.15) is 5.26 Å². The summed E-state index contributed by atoms with van der Waals surface area (Å²) >= 11 is 3.45. The lowest BCUT2D eigenvalue weighted by Crippen LogP contribution is -1.88. The van der Waals surface area contributed by atoms with Crippen molar-refractivity contribution < 1.29 is 0 Å². The van der Waals surface area contributed by atoms with Crippen LogP contribution in [0.25, 0.3) is 21.9 Å². The molecular formula is C19H14BrN. The molecule has 2 heteroatoms. The van der Waals surface area contributed by atoms with Gasteiger partial charge in [-0.05, 0) is 65.6 Å². The highest BCUT2D eigenvalue weighted by atomic mass is 79.9. The fourth-order valence-electron chi connectivity index (χ4n) is 2.54. The molecule has 3 aromatic carbocycles. The van der Waals surface area contributed by atoms with Crippen molar-refractivity contribution in [3.8, 4) is 17.2 Å². The van der Waals surface area contributed by atoms with E-state index in [9.17, 15) is 5.26 Å². The first-order chi connectivity index (χ1) is 10.1. The molecule has 0 aliphatic carbocycles. The zero-order valence-corrected chi connectivity index (χ0v) is 13.5. The molecule has 0 fully saturated rings. The second-order valence-electron chi connectivity index (χ2n) is 5.30. The van der Waals surface area contributed by atoms with Crippen molar-refractivity contribution in [2.75, 3.05) is 0 Å². The van der Waals surface area contributed by atoms with Crippen molar-refractivity contribution in [1.82, 2.24) is 0 Å². The topological polar surface area (TPSA) is 23.8 Å². The van der Waals surface area contributed by atoms with Crippen molar-refractivity contribution in [3.63, 3.8) is 0 Å². The van der Waals surface area contributed by atoms with Gasteiger partial charge in [-0.1, -0.05) is 40.2 Å². The van der Waals surface area contributed by atoms with Gasteiger partial charge in [-0.25, -0.2) is 0 Å². The summed E-state index contributed by atoms with van der Waals surface area (Å²) < 4.78 is 1.04. The predicted molar refractivity (Wildman–Crippen MR) is 91.3 cm³/mol. The van der Waals surface area contributed by atoms with Crippen LogP contribution in [0.5, 0.6) is 0 Å². The molecule has 21 heavy (non-hydrogen) atoms. The molecule has 0 bridgehead atoms. The largest absolute Gasteiger partial charge is 0.192 e. The van der Waals surface area contributed by atoms with E-state index in [0.717, 1.165) is 21.0 Å². The highest BCUT2D eigenvalue weighted by molar-refractivity contribution is 9.10. The third-order valence-corrected chi connectivity index (χ3v) is 4.39. The molecule has 0 spiro atoms. The van der Waals surface area contributed by atoms with E-state index in [2.05, 4.69) is 54.0 Å². The van der Waals surface area contributed by atoms with Crippen LogP contribution in [0.15, 0.2) is 53.0 Å². The Balaban J connectivity index is 2.29. The number of fused-ring (bicyclic) bond motifs is 1. The first kappa shape index (κ1) is 13.9. The van der Waals surface area contributed by atoms with Gasteiger partial charge < -0.3 is 0 Å².